The second-order valence-corrected chi connectivity index (χ2v) is 6.01. The van der Waals surface area contributed by atoms with Gasteiger partial charge in [-0.3, -0.25) is 14.7 Å². The molecule has 0 radical (unpaired) electrons. The number of aromatic nitrogens is 5. The van der Waals surface area contributed by atoms with E-state index in [2.05, 4.69) is 27.0 Å². The van der Waals surface area contributed by atoms with E-state index in [-0.39, 0.29) is 5.69 Å². The van der Waals surface area contributed by atoms with Crippen molar-refractivity contribution in [1.29, 1.82) is 0 Å². The van der Waals surface area contributed by atoms with Gasteiger partial charge in [-0.05, 0) is 18.6 Å². The Morgan fingerprint density at radius 1 is 1.20 bits per heavy atom. The quantitative estimate of drug-likeness (QED) is 0.535. The first kappa shape index (κ1) is 15.3. The molecule has 0 atom stereocenters. The van der Waals surface area contributed by atoms with Crippen molar-refractivity contribution in [2.45, 2.75) is 20.0 Å². The van der Waals surface area contributed by atoms with E-state index < -0.39 is 4.92 Å². The summed E-state index contributed by atoms with van der Waals surface area (Å²) in [6, 6.07) is 6.38. The molecule has 4 rings (SSSR count). The van der Waals surface area contributed by atoms with Crippen molar-refractivity contribution in [2.24, 2.45) is 7.05 Å². The molecule has 3 aromatic rings. The molecule has 3 heterocycles. The molecular weight excluding hydrogens is 322 g/mol. The van der Waals surface area contributed by atoms with Gasteiger partial charge in [0.15, 0.2) is 17.5 Å². The van der Waals surface area contributed by atoms with Gasteiger partial charge in [0.2, 0.25) is 0 Å². The summed E-state index contributed by atoms with van der Waals surface area (Å²) in [5, 5.41) is 19.5. The lowest BCUT2D eigenvalue weighted by molar-refractivity contribution is -0.384. The van der Waals surface area contributed by atoms with Crippen molar-refractivity contribution in [3.63, 3.8) is 0 Å². The van der Waals surface area contributed by atoms with E-state index in [1.54, 1.807) is 18.5 Å². The Hall–Kier alpha value is -3.23. The van der Waals surface area contributed by atoms with Crippen LogP contribution in [-0.2, 0) is 13.7 Å². The minimum Gasteiger partial charge on any atom is -0.337 e. The highest BCUT2D eigenvalue weighted by Gasteiger charge is 2.29. The largest absolute Gasteiger partial charge is 0.337 e. The van der Waals surface area contributed by atoms with E-state index >= 15 is 0 Å². The van der Waals surface area contributed by atoms with Gasteiger partial charge in [0, 0.05) is 31.3 Å². The number of benzene rings is 1. The molecule has 0 N–H and O–H groups in total. The fourth-order valence-electron chi connectivity index (χ4n) is 3.15. The number of anilines is 1. The smallest absolute Gasteiger partial charge is 0.269 e. The minimum atomic E-state index is -0.409. The molecule has 1 aliphatic rings. The number of non-ortho nitro benzene ring substituents is 1. The van der Waals surface area contributed by atoms with E-state index in [0.29, 0.717) is 12.5 Å². The summed E-state index contributed by atoms with van der Waals surface area (Å²) in [4.78, 5) is 17.1. The number of nitro groups is 1. The van der Waals surface area contributed by atoms with Gasteiger partial charge in [0.25, 0.3) is 5.69 Å². The van der Waals surface area contributed by atoms with Gasteiger partial charge >= 0.3 is 0 Å². The van der Waals surface area contributed by atoms with Crippen molar-refractivity contribution in [1.82, 2.24) is 24.3 Å². The van der Waals surface area contributed by atoms with Crippen LogP contribution in [0.2, 0.25) is 0 Å². The first-order valence-corrected chi connectivity index (χ1v) is 8.04. The van der Waals surface area contributed by atoms with Gasteiger partial charge in [0.1, 0.15) is 5.69 Å². The zero-order chi connectivity index (χ0) is 17.6. The number of fused-ring (bicyclic) bond motifs is 3. The second kappa shape index (κ2) is 5.69. The molecule has 128 valence electrons. The summed E-state index contributed by atoms with van der Waals surface area (Å²) in [6.45, 7) is 3.61. The van der Waals surface area contributed by atoms with Crippen molar-refractivity contribution < 1.29 is 4.92 Å². The van der Waals surface area contributed by atoms with E-state index in [1.807, 2.05) is 16.2 Å². The van der Waals surface area contributed by atoms with Crippen LogP contribution in [0.4, 0.5) is 11.5 Å². The van der Waals surface area contributed by atoms with Crippen LogP contribution in [0.5, 0.6) is 0 Å². The Balaban J connectivity index is 1.81. The molecule has 1 aliphatic heterocycles. The van der Waals surface area contributed by atoms with Gasteiger partial charge in [-0.25, -0.2) is 4.98 Å². The number of nitro benzene ring substituents is 1. The Morgan fingerprint density at radius 2 is 1.92 bits per heavy atom. The predicted molar refractivity (Wildman–Crippen MR) is 92.0 cm³/mol. The van der Waals surface area contributed by atoms with Gasteiger partial charge in [-0.15, -0.1) is 10.2 Å². The molecule has 0 saturated carbocycles. The molecule has 0 fully saturated rings. The van der Waals surface area contributed by atoms with E-state index in [9.17, 15) is 10.1 Å². The normalized spacial score (nSPS) is 12.8. The summed E-state index contributed by atoms with van der Waals surface area (Å²) in [6.07, 6.45) is 2.78. The standard InChI is InChI=1S/C16H17N7O2/c1-3-8-21-10-22-14(11-4-6-12(7-5-11)23(24)25)18-19-16(22)13-15(21)17-9-20(13)2/h4-7,9H,3,8,10H2,1-2H3. The SMILES string of the molecule is CCCN1Cn2c(-c3ccc([N+](=O)[O-])cc3)nnc2-c2c1ncn2C. The summed E-state index contributed by atoms with van der Waals surface area (Å²) in [5.41, 5.74) is 1.79. The summed E-state index contributed by atoms with van der Waals surface area (Å²) < 4.78 is 3.97. The Labute approximate surface area is 143 Å². The molecule has 25 heavy (non-hydrogen) atoms. The van der Waals surface area contributed by atoms with Gasteiger partial charge in [0.05, 0.1) is 17.9 Å². The zero-order valence-corrected chi connectivity index (χ0v) is 14.0. The third-order valence-corrected chi connectivity index (χ3v) is 4.32. The number of rotatable bonds is 4. The lowest BCUT2D eigenvalue weighted by atomic mass is 10.2. The molecule has 0 saturated heterocycles. The van der Waals surface area contributed by atoms with Crippen molar-refractivity contribution >= 4 is 11.5 Å². The summed E-state index contributed by atoms with van der Waals surface area (Å²) in [5.74, 6) is 2.37. The molecule has 9 heteroatoms. The van der Waals surface area contributed by atoms with Crippen LogP contribution in [0.15, 0.2) is 30.6 Å². The highest BCUT2D eigenvalue weighted by atomic mass is 16.6. The lowest BCUT2D eigenvalue weighted by Gasteiger charge is -2.29. The zero-order valence-electron chi connectivity index (χ0n) is 14.0. The highest BCUT2D eigenvalue weighted by Crippen LogP contribution is 2.36. The molecule has 1 aromatic carbocycles. The van der Waals surface area contributed by atoms with Crippen LogP contribution in [0.3, 0.4) is 0 Å². The third-order valence-electron chi connectivity index (χ3n) is 4.32. The van der Waals surface area contributed by atoms with Crippen LogP contribution >= 0.6 is 0 Å². The van der Waals surface area contributed by atoms with E-state index in [4.69, 9.17) is 0 Å². The van der Waals surface area contributed by atoms with Gasteiger partial charge < -0.3 is 9.47 Å². The van der Waals surface area contributed by atoms with Crippen LogP contribution in [0, 0.1) is 10.1 Å². The molecule has 2 aromatic heterocycles. The number of hydrogen-bond acceptors (Lipinski definition) is 6. The average Bonchev–Trinajstić information content (AvgIpc) is 3.19. The van der Waals surface area contributed by atoms with Gasteiger partial charge in [-0.2, -0.15) is 0 Å². The fraction of sp³-hybridized carbons (Fsp3) is 0.312. The first-order chi connectivity index (χ1) is 12.1. The molecule has 9 nitrogen and oxygen atoms in total. The molecule has 0 aliphatic carbocycles. The van der Waals surface area contributed by atoms with Crippen LogP contribution in [0.1, 0.15) is 13.3 Å². The van der Waals surface area contributed by atoms with Gasteiger partial charge in [-0.1, -0.05) is 6.92 Å². The molecular formula is C16H17N7O2. The highest BCUT2D eigenvalue weighted by molar-refractivity contribution is 5.73. The van der Waals surface area contributed by atoms with E-state index in [1.165, 1.54) is 12.1 Å². The number of aryl methyl sites for hydroxylation is 1. The summed E-state index contributed by atoms with van der Waals surface area (Å²) >= 11 is 0. The Bertz CT molecular complexity index is 942. The number of hydrogen-bond donors (Lipinski definition) is 0. The lowest BCUT2D eigenvalue weighted by Crippen LogP contribution is -2.32. The molecule has 0 unspecified atom stereocenters. The van der Waals surface area contributed by atoms with Crippen molar-refractivity contribution in [3.8, 4) is 22.9 Å². The second-order valence-electron chi connectivity index (χ2n) is 6.01. The van der Waals surface area contributed by atoms with Crippen molar-refractivity contribution in [2.75, 3.05) is 11.4 Å². The Kier molecular flexibility index (Phi) is 3.48. The molecule has 0 bridgehead atoms. The number of imidazole rings is 1. The maximum absolute atomic E-state index is 10.8. The monoisotopic (exact) mass is 339 g/mol. The fourth-order valence-corrected chi connectivity index (χ4v) is 3.15. The predicted octanol–water partition coefficient (Wildman–Crippen LogP) is 2.44. The molecule has 0 amide bonds. The first-order valence-electron chi connectivity index (χ1n) is 8.04. The summed E-state index contributed by atoms with van der Waals surface area (Å²) in [7, 11) is 1.94. The van der Waals surface area contributed by atoms with Crippen LogP contribution in [-0.4, -0.2) is 35.8 Å². The van der Waals surface area contributed by atoms with Crippen molar-refractivity contribution in [3.05, 3.63) is 40.7 Å². The Morgan fingerprint density at radius 3 is 2.60 bits per heavy atom. The minimum absolute atomic E-state index is 0.0589. The van der Waals surface area contributed by atoms with Crippen LogP contribution < -0.4 is 4.90 Å². The topological polar surface area (TPSA) is 94.9 Å². The maximum atomic E-state index is 10.8. The third kappa shape index (κ3) is 2.35. The number of nitrogens with zero attached hydrogens (tertiary/aromatic N) is 7. The molecule has 0 spiro atoms. The van der Waals surface area contributed by atoms with Crippen LogP contribution in [0.25, 0.3) is 22.9 Å². The average molecular weight is 339 g/mol. The maximum Gasteiger partial charge on any atom is 0.269 e. The van der Waals surface area contributed by atoms with E-state index in [0.717, 1.165) is 35.9 Å².